The van der Waals surface area contributed by atoms with Crippen LogP contribution in [0.1, 0.15) is 27.7 Å². The van der Waals surface area contributed by atoms with E-state index in [4.69, 9.17) is 23.7 Å². The molecule has 5 atom stereocenters. The van der Waals surface area contributed by atoms with Gasteiger partial charge in [0.2, 0.25) is 0 Å². The van der Waals surface area contributed by atoms with Gasteiger partial charge in [-0.2, -0.15) is 0 Å². The molecule has 132 valence electrons. The lowest BCUT2D eigenvalue weighted by atomic mass is 9.98. The van der Waals surface area contributed by atoms with Crippen LogP contribution in [0.2, 0.25) is 0 Å². The molecule has 0 unspecified atom stereocenters. The van der Waals surface area contributed by atoms with E-state index >= 15 is 0 Å². The third-order valence-corrected chi connectivity index (χ3v) is 5.60. The van der Waals surface area contributed by atoms with E-state index in [1.165, 1.54) is 0 Å². The molecular weight excluding hydrogens is 328 g/mol. The second-order valence-corrected chi connectivity index (χ2v) is 8.50. The first kappa shape index (κ1) is 16.8. The van der Waals surface area contributed by atoms with Crippen LogP contribution in [0.5, 0.6) is 0 Å². The number of benzene rings is 1. The highest BCUT2D eigenvalue weighted by atomic mass is 32.2. The van der Waals surface area contributed by atoms with Crippen LogP contribution < -0.4 is 0 Å². The lowest BCUT2D eigenvalue weighted by molar-refractivity contribution is -0.342. The number of hydrogen-bond acceptors (Lipinski definition) is 6. The zero-order valence-electron chi connectivity index (χ0n) is 14.4. The van der Waals surface area contributed by atoms with Crippen molar-refractivity contribution in [1.29, 1.82) is 0 Å². The van der Waals surface area contributed by atoms with E-state index < -0.39 is 11.6 Å². The van der Waals surface area contributed by atoms with E-state index in [1.54, 1.807) is 11.8 Å². The number of rotatable bonds is 2. The van der Waals surface area contributed by atoms with Crippen LogP contribution in [-0.4, -0.2) is 48.0 Å². The Kier molecular flexibility index (Phi) is 4.18. The molecule has 3 heterocycles. The molecule has 0 aromatic heterocycles. The Balaban J connectivity index is 1.59. The number of fused-ring (bicyclic) bond motifs is 3. The molecule has 0 saturated carbocycles. The molecule has 4 rings (SSSR count). The lowest BCUT2D eigenvalue weighted by Crippen LogP contribution is -2.62. The Bertz CT molecular complexity index is 590. The molecular formula is C18H24O5S. The molecule has 0 aliphatic carbocycles. The van der Waals surface area contributed by atoms with E-state index in [2.05, 4.69) is 12.1 Å². The van der Waals surface area contributed by atoms with Gasteiger partial charge in [0.15, 0.2) is 11.6 Å². The van der Waals surface area contributed by atoms with Gasteiger partial charge in [-0.25, -0.2) is 0 Å². The standard InChI is InChI=1S/C18H24O5S/c1-17(2)19-10-12-13(21-17)14-15(23-18(3,4)22-14)16(20-12)24-11-8-6-5-7-9-11/h5-9,12-16H,10H2,1-4H3/t12-,13+,14+,15-,16+/m1/s1. The third-order valence-electron chi connectivity index (χ3n) is 4.44. The van der Waals surface area contributed by atoms with Crippen molar-refractivity contribution >= 4 is 11.8 Å². The largest absolute Gasteiger partial charge is 0.356 e. The third kappa shape index (κ3) is 3.23. The fourth-order valence-corrected chi connectivity index (χ4v) is 4.60. The molecule has 0 spiro atoms. The maximum Gasteiger partial charge on any atom is 0.164 e. The highest BCUT2D eigenvalue weighted by Gasteiger charge is 2.58. The first-order chi connectivity index (χ1) is 11.3. The summed E-state index contributed by atoms with van der Waals surface area (Å²) >= 11 is 1.66. The van der Waals surface area contributed by atoms with Gasteiger partial charge in [-0.1, -0.05) is 30.0 Å². The normalized spacial score (nSPS) is 39.9. The SMILES string of the molecule is CC1(C)OC[C@H]2O[C@@H](Sc3ccccc3)[C@@H]3OC(C)(C)O[C@H]3[C@H]2O1. The number of thioether (sulfide) groups is 1. The van der Waals surface area contributed by atoms with Crippen molar-refractivity contribution in [3.63, 3.8) is 0 Å². The molecule has 0 N–H and O–H groups in total. The number of hydrogen-bond donors (Lipinski definition) is 0. The van der Waals surface area contributed by atoms with Crippen molar-refractivity contribution in [2.45, 2.75) is 74.0 Å². The van der Waals surface area contributed by atoms with Gasteiger partial charge in [-0.15, -0.1) is 0 Å². The topological polar surface area (TPSA) is 46.2 Å². The van der Waals surface area contributed by atoms with E-state index in [1.807, 2.05) is 45.9 Å². The van der Waals surface area contributed by atoms with Gasteiger partial charge in [-0.3, -0.25) is 0 Å². The minimum Gasteiger partial charge on any atom is -0.356 e. The van der Waals surface area contributed by atoms with Crippen molar-refractivity contribution in [3.05, 3.63) is 30.3 Å². The Hall–Kier alpha value is -0.630. The van der Waals surface area contributed by atoms with Crippen molar-refractivity contribution in [1.82, 2.24) is 0 Å². The summed E-state index contributed by atoms with van der Waals surface area (Å²) in [7, 11) is 0. The molecule has 3 fully saturated rings. The first-order valence-corrected chi connectivity index (χ1v) is 9.26. The molecule has 1 aromatic rings. The van der Waals surface area contributed by atoms with Crippen LogP contribution >= 0.6 is 11.8 Å². The average Bonchev–Trinajstić information content (AvgIpc) is 2.85. The summed E-state index contributed by atoms with van der Waals surface area (Å²) in [5.74, 6) is -1.28. The van der Waals surface area contributed by atoms with Gasteiger partial charge >= 0.3 is 0 Å². The van der Waals surface area contributed by atoms with Gasteiger partial charge in [0.1, 0.15) is 29.9 Å². The zero-order valence-corrected chi connectivity index (χ0v) is 15.2. The molecule has 0 bridgehead atoms. The highest BCUT2D eigenvalue weighted by Crippen LogP contribution is 2.45. The molecule has 3 aliphatic heterocycles. The van der Waals surface area contributed by atoms with Crippen molar-refractivity contribution in [2.75, 3.05) is 6.61 Å². The second-order valence-electron chi connectivity index (χ2n) is 7.33. The molecule has 0 amide bonds. The zero-order chi connectivity index (χ0) is 16.9. The van der Waals surface area contributed by atoms with Crippen molar-refractivity contribution in [3.8, 4) is 0 Å². The Labute approximate surface area is 146 Å². The van der Waals surface area contributed by atoms with Crippen LogP contribution in [-0.2, 0) is 23.7 Å². The summed E-state index contributed by atoms with van der Waals surface area (Å²) in [6.45, 7) is 8.22. The van der Waals surface area contributed by atoms with Gasteiger partial charge in [-0.05, 0) is 39.8 Å². The Morgan fingerprint density at radius 3 is 2.29 bits per heavy atom. The van der Waals surface area contributed by atoms with Crippen LogP contribution in [0, 0.1) is 0 Å². The highest BCUT2D eigenvalue weighted by molar-refractivity contribution is 7.99. The summed E-state index contributed by atoms with van der Waals surface area (Å²) in [5, 5.41) is 0. The van der Waals surface area contributed by atoms with Gasteiger partial charge < -0.3 is 23.7 Å². The quantitative estimate of drug-likeness (QED) is 0.815. The van der Waals surface area contributed by atoms with Gasteiger partial charge in [0, 0.05) is 4.90 Å². The summed E-state index contributed by atoms with van der Waals surface area (Å²) in [5.41, 5.74) is -0.158. The summed E-state index contributed by atoms with van der Waals surface area (Å²) in [6.07, 6.45) is -0.686. The van der Waals surface area contributed by atoms with E-state index in [0.717, 1.165) is 4.90 Å². The fourth-order valence-electron chi connectivity index (χ4n) is 3.47. The predicted octanol–water partition coefficient (Wildman–Crippen LogP) is 3.18. The van der Waals surface area contributed by atoms with Crippen LogP contribution in [0.25, 0.3) is 0 Å². The van der Waals surface area contributed by atoms with Gasteiger partial charge in [0.05, 0.1) is 6.61 Å². The molecule has 3 saturated heterocycles. The van der Waals surface area contributed by atoms with E-state index in [-0.39, 0.29) is 29.9 Å². The minimum atomic E-state index is -0.644. The second kappa shape index (κ2) is 5.97. The molecule has 0 radical (unpaired) electrons. The molecule has 3 aliphatic rings. The number of ether oxygens (including phenoxy) is 5. The first-order valence-electron chi connectivity index (χ1n) is 8.38. The predicted molar refractivity (Wildman–Crippen MR) is 89.7 cm³/mol. The fraction of sp³-hybridized carbons (Fsp3) is 0.667. The summed E-state index contributed by atoms with van der Waals surface area (Å²) < 4.78 is 30.6. The molecule has 24 heavy (non-hydrogen) atoms. The molecule has 5 nitrogen and oxygen atoms in total. The monoisotopic (exact) mass is 352 g/mol. The van der Waals surface area contributed by atoms with Crippen LogP contribution in [0.3, 0.4) is 0 Å². The lowest BCUT2D eigenvalue weighted by Gasteiger charge is -2.48. The molecule has 6 heteroatoms. The maximum absolute atomic E-state index is 6.30. The average molecular weight is 352 g/mol. The maximum atomic E-state index is 6.30. The van der Waals surface area contributed by atoms with E-state index in [9.17, 15) is 0 Å². The summed E-state index contributed by atoms with van der Waals surface area (Å²) in [6, 6.07) is 10.2. The minimum absolute atomic E-state index is 0.155. The Morgan fingerprint density at radius 1 is 0.875 bits per heavy atom. The molecule has 1 aromatic carbocycles. The van der Waals surface area contributed by atoms with Crippen LogP contribution in [0.4, 0.5) is 0 Å². The summed E-state index contributed by atoms with van der Waals surface area (Å²) in [4.78, 5) is 1.14. The van der Waals surface area contributed by atoms with Crippen LogP contribution in [0.15, 0.2) is 35.2 Å². The Morgan fingerprint density at radius 2 is 1.54 bits per heavy atom. The smallest absolute Gasteiger partial charge is 0.164 e. The van der Waals surface area contributed by atoms with Gasteiger partial charge in [0.25, 0.3) is 0 Å². The van der Waals surface area contributed by atoms with E-state index in [0.29, 0.717) is 6.61 Å². The van der Waals surface area contributed by atoms with Crippen molar-refractivity contribution in [2.24, 2.45) is 0 Å². The van der Waals surface area contributed by atoms with Crippen molar-refractivity contribution < 1.29 is 23.7 Å².